The molecule has 0 radical (unpaired) electrons. The van der Waals surface area contributed by atoms with Gasteiger partial charge in [0.25, 0.3) is 0 Å². The number of rotatable bonds is 14. The Bertz CT molecular complexity index is 2450. The van der Waals surface area contributed by atoms with Gasteiger partial charge < -0.3 is 9.80 Å². The van der Waals surface area contributed by atoms with Crippen LogP contribution >= 0.6 is 11.5 Å². The normalized spacial score (nSPS) is 15.6. The first-order valence-corrected chi connectivity index (χ1v) is 21.7. The van der Waals surface area contributed by atoms with Crippen molar-refractivity contribution in [1.29, 1.82) is 5.26 Å². The number of aryl methyl sites for hydroxylation is 2. The second kappa shape index (κ2) is 19.7. The predicted octanol–water partition coefficient (Wildman–Crippen LogP) is 10.7. The highest BCUT2D eigenvalue weighted by Crippen LogP contribution is 2.33. The first-order chi connectivity index (χ1) is 29.5. The van der Waals surface area contributed by atoms with E-state index in [4.69, 9.17) is 0 Å². The highest BCUT2D eigenvalue weighted by Gasteiger charge is 2.21. The molecule has 304 valence electrons. The van der Waals surface area contributed by atoms with Crippen LogP contribution in [0.25, 0.3) is 11.0 Å². The lowest BCUT2D eigenvalue weighted by Crippen LogP contribution is -2.51. The summed E-state index contributed by atoms with van der Waals surface area (Å²) in [6.45, 7) is 14.5. The number of nitrogens with zero attached hydrogens (tertiary/aromatic N) is 12. The summed E-state index contributed by atoms with van der Waals surface area (Å²) in [6, 6.07) is 37.2. The van der Waals surface area contributed by atoms with Crippen molar-refractivity contribution in [3.63, 3.8) is 0 Å². The summed E-state index contributed by atoms with van der Waals surface area (Å²) in [5.74, 6) is 0. The molecule has 8 rings (SSSR count). The van der Waals surface area contributed by atoms with Gasteiger partial charge >= 0.3 is 0 Å². The molecule has 0 unspecified atom stereocenters. The van der Waals surface area contributed by atoms with Crippen LogP contribution in [0.1, 0.15) is 42.1 Å². The summed E-state index contributed by atoms with van der Waals surface area (Å²) < 4.78 is 4.38. The maximum absolute atomic E-state index is 9.38. The van der Waals surface area contributed by atoms with Crippen molar-refractivity contribution < 1.29 is 0 Å². The molecule has 2 aliphatic rings. The fourth-order valence-corrected chi connectivity index (χ4v) is 8.11. The van der Waals surface area contributed by atoms with Gasteiger partial charge in [-0.3, -0.25) is 14.8 Å². The molecular weight excluding hydrogens is 765 g/mol. The maximum Gasteiger partial charge on any atom is 0.175 e. The molecule has 12 nitrogen and oxygen atoms in total. The van der Waals surface area contributed by atoms with Crippen LogP contribution < -0.4 is 9.80 Å². The van der Waals surface area contributed by atoms with Crippen molar-refractivity contribution in [2.45, 2.75) is 33.1 Å². The molecule has 2 saturated heterocycles. The Balaban J connectivity index is 0.731. The lowest BCUT2D eigenvalue weighted by Gasteiger charge is -2.39. The van der Waals surface area contributed by atoms with Crippen LogP contribution in [0.4, 0.5) is 39.1 Å². The Hall–Kier alpha value is -6.20. The molecule has 2 aliphatic heterocycles. The zero-order chi connectivity index (χ0) is 41.1. The second-order valence-corrected chi connectivity index (χ2v) is 16.1. The first kappa shape index (κ1) is 40.6. The van der Waals surface area contributed by atoms with Crippen LogP contribution in [0, 0.1) is 18.3 Å². The van der Waals surface area contributed by atoms with Crippen molar-refractivity contribution in [2.75, 3.05) is 75.2 Å². The lowest BCUT2D eigenvalue weighted by atomic mass is 10.1. The number of piperazine rings is 2. The summed E-state index contributed by atoms with van der Waals surface area (Å²) in [6.07, 6.45) is 5.44. The van der Waals surface area contributed by atoms with E-state index in [1.807, 2.05) is 49.5 Å². The highest BCUT2D eigenvalue weighted by atomic mass is 32.1. The van der Waals surface area contributed by atoms with Gasteiger partial charge in [-0.2, -0.15) is 19.9 Å². The summed E-state index contributed by atoms with van der Waals surface area (Å²) in [7, 11) is 0. The van der Waals surface area contributed by atoms with E-state index in [2.05, 4.69) is 128 Å². The Morgan fingerprint density at radius 3 is 1.72 bits per heavy atom. The fraction of sp³-hybridized carbons (Fsp3) is 0.319. The number of fused-ring (bicyclic) bond motifs is 1. The number of unbranched alkanes of at least 4 members (excludes halogenated alkanes) is 1. The van der Waals surface area contributed by atoms with Gasteiger partial charge in [-0.15, -0.1) is 10.2 Å². The maximum atomic E-state index is 9.38. The van der Waals surface area contributed by atoms with E-state index in [0.717, 1.165) is 106 Å². The molecule has 60 heavy (non-hydrogen) atoms. The summed E-state index contributed by atoms with van der Waals surface area (Å²) >= 11 is 1.24. The van der Waals surface area contributed by atoms with E-state index < -0.39 is 0 Å². The summed E-state index contributed by atoms with van der Waals surface area (Å²) in [5, 5.41) is 28.6. The van der Waals surface area contributed by atoms with Crippen LogP contribution in [0.15, 0.2) is 129 Å². The van der Waals surface area contributed by atoms with Crippen molar-refractivity contribution >= 4 is 67.9 Å². The van der Waals surface area contributed by atoms with Crippen molar-refractivity contribution in [1.82, 2.24) is 19.2 Å². The third kappa shape index (κ3) is 10.5. The van der Waals surface area contributed by atoms with Crippen molar-refractivity contribution in [3.8, 4) is 6.07 Å². The molecule has 0 spiro atoms. The van der Waals surface area contributed by atoms with Crippen LogP contribution in [-0.2, 0) is 6.42 Å². The van der Waals surface area contributed by atoms with E-state index in [1.165, 1.54) is 41.3 Å². The highest BCUT2D eigenvalue weighted by molar-refractivity contribution is 7.11. The molecule has 0 N–H and O–H groups in total. The minimum Gasteiger partial charge on any atom is -0.369 e. The minimum absolute atomic E-state index is 0.529. The van der Waals surface area contributed by atoms with E-state index >= 15 is 0 Å². The van der Waals surface area contributed by atoms with Crippen LogP contribution in [0.3, 0.4) is 0 Å². The average molecular weight is 815 g/mol. The van der Waals surface area contributed by atoms with Gasteiger partial charge in [-0.1, -0.05) is 37.6 Å². The van der Waals surface area contributed by atoms with Gasteiger partial charge in [0.2, 0.25) is 0 Å². The second-order valence-electron chi connectivity index (χ2n) is 15.3. The van der Waals surface area contributed by atoms with Gasteiger partial charge in [0.05, 0.1) is 39.4 Å². The summed E-state index contributed by atoms with van der Waals surface area (Å²) in [4.78, 5) is 19.1. The van der Waals surface area contributed by atoms with Gasteiger partial charge in [0, 0.05) is 83.0 Å². The molecule has 2 fully saturated rings. The zero-order valence-electron chi connectivity index (χ0n) is 34.4. The largest absolute Gasteiger partial charge is 0.369 e. The van der Waals surface area contributed by atoms with Gasteiger partial charge in [0.15, 0.2) is 10.6 Å². The Morgan fingerprint density at radius 2 is 1.18 bits per heavy atom. The Labute approximate surface area is 356 Å². The lowest BCUT2D eigenvalue weighted by molar-refractivity contribution is 0.190. The van der Waals surface area contributed by atoms with E-state index in [-0.39, 0.29) is 0 Å². The molecule has 0 saturated carbocycles. The first-order valence-electron chi connectivity index (χ1n) is 20.9. The molecule has 0 bridgehead atoms. The number of aromatic nitrogens is 2. The van der Waals surface area contributed by atoms with E-state index in [9.17, 15) is 5.26 Å². The Kier molecular flexibility index (Phi) is 13.3. The van der Waals surface area contributed by atoms with Gasteiger partial charge in [0.1, 0.15) is 6.07 Å². The number of pyridine rings is 1. The summed E-state index contributed by atoms with van der Waals surface area (Å²) in [5.41, 5.74) is 10.0. The molecule has 0 aliphatic carbocycles. The Morgan fingerprint density at radius 1 is 0.667 bits per heavy atom. The zero-order valence-corrected chi connectivity index (χ0v) is 35.2. The van der Waals surface area contributed by atoms with Gasteiger partial charge in [-0.25, -0.2) is 4.98 Å². The smallest absolute Gasteiger partial charge is 0.175 e. The van der Waals surface area contributed by atoms with Gasteiger partial charge in [-0.05, 0) is 121 Å². The number of azo groups is 2. The molecule has 4 aromatic carbocycles. The number of hydrogen-bond donors (Lipinski definition) is 0. The van der Waals surface area contributed by atoms with Crippen LogP contribution in [0.5, 0.6) is 0 Å². The molecule has 0 amide bonds. The fourth-order valence-electron chi connectivity index (χ4n) is 7.47. The SMILES string of the molecule is CCCCc1ccc(N=Cc2ccc(N=Nc3ccc(N4CCN(CCN5CCN(c6ccc(N=Nc7snc8nc(C)c(C#N)cc78)cc6)CC5)CC4)cc3)cc2)cc1. The van der Waals surface area contributed by atoms with E-state index in [1.54, 1.807) is 6.07 Å². The molecule has 13 heteroatoms. The molecular formula is C47H50N12S. The third-order valence-corrected chi connectivity index (χ3v) is 12.0. The van der Waals surface area contributed by atoms with Crippen molar-refractivity contribution in [3.05, 3.63) is 126 Å². The average Bonchev–Trinajstić information content (AvgIpc) is 3.70. The predicted molar refractivity (Wildman–Crippen MR) is 244 cm³/mol. The standard InChI is InChI=1S/C47H50N12S/c1-3-4-5-36-6-10-39(11-7-36)49-34-37-8-12-40(13-9-37)51-52-41-14-18-43(19-15-41)58-28-24-56(25-29-58)22-23-57-26-30-59(31-27-57)44-20-16-42(17-21-44)53-54-47-45-32-38(33-48)35(2)50-46(45)55-60-47/h6-21,32,34H,3-5,22-31H2,1-2H3. The topological polar surface area (TPSA) is 124 Å². The molecule has 2 aromatic heterocycles. The number of aliphatic imine (C=N–C) groups is 1. The number of benzene rings is 4. The van der Waals surface area contributed by atoms with Crippen molar-refractivity contribution in [2.24, 2.45) is 25.4 Å². The van der Waals surface area contributed by atoms with E-state index in [0.29, 0.717) is 21.9 Å². The number of anilines is 2. The van der Waals surface area contributed by atoms with Crippen LogP contribution in [0.2, 0.25) is 0 Å². The number of hydrogen-bond acceptors (Lipinski definition) is 13. The van der Waals surface area contributed by atoms with Crippen LogP contribution in [-0.4, -0.2) is 90.8 Å². The molecule has 4 heterocycles. The monoisotopic (exact) mass is 814 g/mol. The number of nitriles is 1. The third-order valence-electron chi connectivity index (χ3n) is 11.2. The molecule has 6 aromatic rings. The minimum atomic E-state index is 0.529. The molecule has 0 atom stereocenters. The quantitative estimate of drug-likeness (QED) is 0.0792.